The third kappa shape index (κ3) is 4.42. The van der Waals surface area contributed by atoms with Gasteiger partial charge in [-0.15, -0.1) is 0 Å². The highest BCUT2D eigenvalue weighted by Gasteiger charge is 2.25. The maximum Gasteiger partial charge on any atom is 0.240 e. The minimum atomic E-state index is -0.226. The van der Waals surface area contributed by atoms with E-state index in [1.54, 1.807) is 12.1 Å². The second-order valence-electron chi connectivity index (χ2n) is 7.75. The number of hydrogen-bond donors (Lipinski definition) is 1. The summed E-state index contributed by atoms with van der Waals surface area (Å²) in [5.74, 6) is 0.125. The summed E-state index contributed by atoms with van der Waals surface area (Å²) in [7, 11) is 0. The van der Waals surface area contributed by atoms with Gasteiger partial charge in [-0.3, -0.25) is 19.8 Å². The van der Waals surface area contributed by atoms with Gasteiger partial charge in [0.1, 0.15) is 5.82 Å². The van der Waals surface area contributed by atoms with Crippen LogP contribution in [0.1, 0.15) is 29.4 Å². The summed E-state index contributed by atoms with van der Waals surface area (Å²) in [6.45, 7) is 4.88. The standard InChI is InChI=1S/C21H24FN5O2/c1-14-10-17-15(19(28)11-14)12-23-21(24-17)25-20(29)13-26-6-8-27(9-7-26)18-5-3-2-4-16(18)22/h2-5,12,14H,6-11,13H2,1H3,(H,23,24,25,29)/t14-/m0/s1. The highest BCUT2D eigenvalue weighted by atomic mass is 19.1. The number of aromatic nitrogens is 2. The van der Waals surface area contributed by atoms with Gasteiger partial charge in [-0.25, -0.2) is 14.4 Å². The van der Waals surface area contributed by atoms with Gasteiger partial charge in [0.15, 0.2) is 5.78 Å². The van der Waals surface area contributed by atoms with E-state index in [1.807, 2.05) is 22.8 Å². The zero-order valence-corrected chi connectivity index (χ0v) is 16.4. The second-order valence-corrected chi connectivity index (χ2v) is 7.75. The molecule has 1 N–H and O–H groups in total. The molecule has 7 nitrogen and oxygen atoms in total. The molecule has 1 amide bonds. The van der Waals surface area contributed by atoms with E-state index in [-0.39, 0.29) is 35.9 Å². The van der Waals surface area contributed by atoms with Gasteiger partial charge < -0.3 is 4.90 Å². The van der Waals surface area contributed by atoms with E-state index in [9.17, 15) is 14.0 Å². The Morgan fingerprint density at radius 1 is 1.21 bits per heavy atom. The molecule has 152 valence electrons. The lowest BCUT2D eigenvalue weighted by molar-refractivity contribution is -0.117. The van der Waals surface area contributed by atoms with E-state index in [0.717, 1.165) is 0 Å². The highest BCUT2D eigenvalue weighted by molar-refractivity contribution is 5.98. The fourth-order valence-electron chi connectivity index (χ4n) is 3.92. The van der Waals surface area contributed by atoms with Crippen LogP contribution in [0, 0.1) is 11.7 Å². The molecule has 1 fully saturated rings. The quantitative estimate of drug-likeness (QED) is 0.852. The number of amides is 1. The second kappa shape index (κ2) is 8.24. The molecule has 29 heavy (non-hydrogen) atoms. The lowest BCUT2D eigenvalue weighted by Gasteiger charge is -2.35. The number of carbonyl (C=O) groups excluding carboxylic acids is 2. The SMILES string of the molecule is C[C@@H]1CC(=O)c2cnc(NC(=O)CN3CCN(c4ccccc4F)CC3)nc2C1. The van der Waals surface area contributed by atoms with Gasteiger partial charge in [-0.1, -0.05) is 19.1 Å². The number of anilines is 2. The molecule has 0 radical (unpaired) electrons. The van der Waals surface area contributed by atoms with Gasteiger partial charge in [-0.2, -0.15) is 0 Å². The van der Waals surface area contributed by atoms with Crippen LogP contribution in [0.25, 0.3) is 0 Å². The predicted molar refractivity (Wildman–Crippen MR) is 108 cm³/mol. The third-order valence-electron chi connectivity index (χ3n) is 5.43. The van der Waals surface area contributed by atoms with Gasteiger partial charge in [0.2, 0.25) is 11.9 Å². The molecule has 2 aliphatic rings. The van der Waals surface area contributed by atoms with Crippen molar-refractivity contribution in [2.24, 2.45) is 5.92 Å². The molecule has 0 bridgehead atoms. The number of para-hydroxylation sites is 1. The Morgan fingerprint density at radius 3 is 2.72 bits per heavy atom. The fourth-order valence-corrected chi connectivity index (χ4v) is 3.92. The van der Waals surface area contributed by atoms with Gasteiger partial charge >= 0.3 is 0 Å². The first-order chi connectivity index (χ1) is 14.0. The summed E-state index contributed by atoms with van der Waals surface area (Å²) in [6, 6.07) is 6.74. The Bertz CT molecular complexity index is 927. The van der Waals surface area contributed by atoms with E-state index in [0.29, 0.717) is 56.0 Å². The van der Waals surface area contributed by atoms with Crippen molar-refractivity contribution in [3.8, 4) is 0 Å². The van der Waals surface area contributed by atoms with Crippen LogP contribution in [0.5, 0.6) is 0 Å². The van der Waals surface area contributed by atoms with Gasteiger partial charge in [0.25, 0.3) is 0 Å². The molecule has 8 heteroatoms. The lowest BCUT2D eigenvalue weighted by Crippen LogP contribution is -2.49. The summed E-state index contributed by atoms with van der Waals surface area (Å²) in [5.41, 5.74) is 1.87. The number of hydrogen-bond acceptors (Lipinski definition) is 6. The Kier molecular flexibility index (Phi) is 5.53. The molecule has 0 unspecified atom stereocenters. The van der Waals surface area contributed by atoms with Crippen molar-refractivity contribution >= 4 is 23.3 Å². The molecule has 2 heterocycles. The molecule has 1 aromatic carbocycles. The number of fused-ring (bicyclic) bond motifs is 1. The summed E-state index contributed by atoms with van der Waals surface area (Å²) >= 11 is 0. The summed E-state index contributed by atoms with van der Waals surface area (Å²) in [6.07, 6.45) is 2.74. The van der Waals surface area contributed by atoms with Crippen molar-refractivity contribution in [3.63, 3.8) is 0 Å². The largest absolute Gasteiger partial charge is 0.367 e. The van der Waals surface area contributed by atoms with E-state index >= 15 is 0 Å². The van der Waals surface area contributed by atoms with Gasteiger partial charge in [-0.05, 0) is 24.5 Å². The number of nitrogens with zero attached hydrogens (tertiary/aromatic N) is 4. The van der Waals surface area contributed by atoms with Crippen LogP contribution in [0.4, 0.5) is 16.0 Å². The van der Waals surface area contributed by atoms with Crippen LogP contribution in [0.2, 0.25) is 0 Å². The van der Waals surface area contributed by atoms with Crippen LogP contribution in [0.15, 0.2) is 30.5 Å². The molecule has 0 spiro atoms. The zero-order chi connectivity index (χ0) is 20.4. The predicted octanol–water partition coefficient (Wildman–Crippen LogP) is 2.14. The van der Waals surface area contributed by atoms with E-state index in [4.69, 9.17) is 0 Å². The molecule has 4 rings (SSSR count). The summed E-state index contributed by atoms with van der Waals surface area (Å²) in [5, 5.41) is 2.73. The third-order valence-corrected chi connectivity index (χ3v) is 5.43. The van der Waals surface area contributed by atoms with Crippen molar-refractivity contribution in [3.05, 3.63) is 47.5 Å². The minimum Gasteiger partial charge on any atom is -0.367 e. The number of piperazine rings is 1. The number of halogens is 1. The van der Waals surface area contributed by atoms with Crippen molar-refractivity contribution in [1.82, 2.24) is 14.9 Å². The minimum absolute atomic E-state index is 0.0596. The Morgan fingerprint density at radius 2 is 1.97 bits per heavy atom. The first-order valence-corrected chi connectivity index (χ1v) is 9.90. The summed E-state index contributed by atoms with van der Waals surface area (Å²) in [4.78, 5) is 37.0. The van der Waals surface area contributed by atoms with Crippen LogP contribution in [-0.4, -0.2) is 59.3 Å². The number of benzene rings is 1. The van der Waals surface area contributed by atoms with Crippen LogP contribution < -0.4 is 10.2 Å². The molecule has 0 saturated carbocycles. The molecular formula is C21H24FN5O2. The van der Waals surface area contributed by atoms with Crippen molar-refractivity contribution in [2.45, 2.75) is 19.8 Å². The molecule has 1 saturated heterocycles. The Balaban J connectivity index is 1.31. The van der Waals surface area contributed by atoms with E-state index in [1.165, 1.54) is 12.3 Å². The van der Waals surface area contributed by atoms with Crippen LogP contribution in [0.3, 0.4) is 0 Å². The number of Topliss-reactive ketones (excluding diaryl/α,β-unsaturated/α-hetero) is 1. The molecule has 1 aliphatic heterocycles. The number of carbonyl (C=O) groups is 2. The van der Waals surface area contributed by atoms with Crippen LogP contribution >= 0.6 is 0 Å². The van der Waals surface area contributed by atoms with E-state index in [2.05, 4.69) is 15.3 Å². The number of rotatable bonds is 4. The normalized spacial score (nSPS) is 19.7. The zero-order valence-electron chi connectivity index (χ0n) is 16.4. The fraction of sp³-hybridized carbons (Fsp3) is 0.429. The first kappa shape index (κ1) is 19.4. The lowest BCUT2D eigenvalue weighted by atomic mass is 9.88. The Labute approximate surface area is 168 Å². The molecule has 1 atom stereocenters. The molecule has 2 aromatic rings. The number of nitrogens with one attached hydrogen (secondary N) is 1. The molecular weight excluding hydrogens is 373 g/mol. The topological polar surface area (TPSA) is 78.4 Å². The van der Waals surface area contributed by atoms with Gasteiger partial charge in [0, 0.05) is 38.8 Å². The van der Waals surface area contributed by atoms with Crippen molar-refractivity contribution < 1.29 is 14.0 Å². The monoisotopic (exact) mass is 397 g/mol. The van der Waals surface area contributed by atoms with Crippen LogP contribution in [-0.2, 0) is 11.2 Å². The maximum atomic E-state index is 13.9. The molecule has 1 aliphatic carbocycles. The maximum absolute atomic E-state index is 13.9. The molecule has 1 aromatic heterocycles. The van der Waals surface area contributed by atoms with Crippen molar-refractivity contribution in [1.29, 1.82) is 0 Å². The average molecular weight is 397 g/mol. The van der Waals surface area contributed by atoms with Crippen molar-refractivity contribution in [2.75, 3.05) is 42.9 Å². The smallest absolute Gasteiger partial charge is 0.240 e. The first-order valence-electron chi connectivity index (χ1n) is 9.90. The average Bonchev–Trinajstić information content (AvgIpc) is 2.68. The van der Waals surface area contributed by atoms with E-state index < -0.39 is 0 Å². The summed E-state index contributed by atoms with van der Waals surface area (Å²) < 4.78 is 13.9. The van der Waals surface area contributed by atoms with Gasteiger partial charge in [0.05, 0.1) is 23.5 Å². The number of ketones is 1. The highest BCUT2D eigenvalue weighted by Crippen LogP contribution is 2.24. The Hall–Kier alpha value is -2.87.